The van der Waals surface area contributed by atoms with Gasteiger partial charge in [-0.25, -0.2) is 9.97 Å². The third-order valence-corrected chi connectivity index (χ3v) is 10.6. The predicted octanol–water partition coefficient (Wildman–Crippen LogP) is 9.29. The first-order valence-electron chi connectivity index (χ1n) is 19.5. The Morgan fingerprint density at radius 1 is 0.492 bits per heavy atom. The number of rotatable bonds is 10. The third-order valence-electron chi connectivity index (χ3n) is 10.6. The minimum Gasteiger partial charge on any atom is -0.657 e. The van der Waals surface area contributed by atoms with Crippen molar-refractivity contribution in [2.45, 2.75) is 0 Å². The number of ether oxygens (including phenoxy) is 3. The Labute approximate surface area is 363 Å². The van der Waals surface area contributed by atoms with E-state index >= 15 is 0 Å². The van der Waals surface area contributed by atoms with Crippen LogP contribution in [0, 0.1) is 0 Å². The van der Waals surface area contributed by atoms with Crippen LogP contribution in [0.2, 0.25) is 0 Å². The number of nitrogens with one attached hydrogen (secondary N) is 1. The van der Waals surface area contributed by atoms with E-state index in [-0.39, 0.29) is 23.0 Å². The Bertz CT molecular complexity index is 2920. The number of nitrogens with zero attached hydrogens (tertiary/aromatic N) is 4. The van der Waals surface area contributed by atoms with E-state index < -0.39 is 0 Å². The molecule has 7 aromatic rings. The average Bonchev–Trinajstić information content (AvgIpc) is 4.15. The Kier molecular flexibility index (Phi) is 11.7. The SMILES string of the molecule is COc1ccc(-c2c3nc(c(-c4ccc(OC)cc4)c4ccc([n-]4)c(-c4ccc(C(=O)NCCN)cc4)c4nc(c(-c5ccc(OC)cc5)c5ccc2[n-]5)C=C4)C=C3)cc1.[Fe+2]. The normalized spacial score (nSPS) is 11.5. The van der Waals surface area contributed by atoms with E-state index in [0.717, 1.165) is 95.4 Å². The van der Waals surface area contributed by atoms with Gasteiger partial charge in [-0.05, 0) is 117 Å². The van der Waals surface area contributed by atoms with Crippen LogP contribution in [0.4, 0.5) is 0 Å². The van der Waals surface area contributed by atoms with Gasteiger partial charge in [0, 0.05) is 18.7 Å². The molecule has 2 aliphatic heterocycles. The topological polar surface area (TPSA) is 137 Å². The van der Waals surface area contributed by atoms with Gasteiger partial charge in [0.1, 0.15) is 17.2 Å². The Morgan fingerprint density at radius 2 is 0.787 bits per heavy atom. The van der Waals surface area contributed by atoms with Crippen molar-refractivity contribution < 1.29 is 36.1 Å². The van der Waals surface area contributed by atoms with Crippen molar-refractivity contribution in [2.75, 3.05) is 34.4 Å². The summed E-state index contributed by atoms with van der Waals surface area (Å²) in [5, 5.41) is 2.85. The van der Waals surface area contributed by atoms with Gasteiger partial charge in [0.2, 0.25) is 0 Å². The molecule has 5 heterocycles. The molecule has 0 aliphatic carbocycles. The van der Waals surface area contributed by atoms with E-state index in [1.807, 2.05) is 146 Å². The first-order valence-corrected chi connectivity index (χ1v) is 19.5. The molecule has 3 N–H and O–H groups in total. The summed E-state index contributed by atoms with van der Waals surface area (Å²) in [4.78, 5) is 34.2. The standard InChI is InChI=1S/C50H41N6O4.Fe/c1-58-35-14-8-31(9-15-35)47-40-22-20-38(53-40)46(30-4-6-34(7-5-30)50(57)52-29-28-51)39-21-23-41(54-39)48(32-10-16-36(59-2)17-11-32)43-25-27-45(56-43)49(44-26-24-42(47)55-44)33-12-18-37(60-3)19-13-33;/h4-27H,28-29,51H2,1-3H3,(H2-,52,53,54,55,56,57);/q-1;+2/p-1. The maximum absolute atomic E-state index is 12.9. The van der Waals surface area contributed by atoms with Crippen LogP contribution >= 0.6 is 0 Å². The minimum absolute atomic E-state index is 0. The molecule has 0 fully saturated rings. The van der Waals surface area contributed by atoms with Gasteiger partial charge in [0.15, 0.2) is 0 Å². The molecule has 0 spiro atoms. The fourth-order valence-corrected chi connectivity index (χ4v) is 7.62. The number of carbonyl (C=O) groups is 1. The molecule has 61 heavy (non-hydrogen) atoms. The van der Waals surface area contributed by atoms with Crippen LogP contribution in [0.3, 0.4) is 0 Å². The Hall–Kier alpha value is -7.17. The molecule has 4 aromatic carbocycles. The van der Waals surface area contributed by atoms with Crippen LogP contribution in [-0.2, 0) is 17.1 Å². The summed E-state index contributed by atoms with van der Waals surface area (Å²) in [7, 11) is 4.97. The van der Waals surface area contributed by atoms with Crippen molar-refractivity contribution in [3.05, 3.63) is 150 Å². The van der Waals surface area contributed by atoms with Gasteiger partial charge in [-0.3, -0.25) is 4.79 Å². The van der Waals surface area contributed by atoms with Crippen molar-refractivity contribution in [1.29, 1.82) is 0 Å². The van der Waals surface area contributed by atoms with E-state index in [9.17, 15) is 4.79 Å². The van der Waals surface area contributed by atoms with Gasteiger partial charge < -0.3 is 35.2 Å². The van der Waals surface area contributed by atoms with Crippen LogP contribution in [0.1, 0.15) is 33.1 Å². The van der Waals surface area contributed by atoms with E-state index in [2.05, 4.69) is 5.32 Å². The van der Waals surface area contributed by atoms with Crippen molar-refractivity contribution in [3.8, 4) is 61.8 Å². The Morgan fingerprint density at radius 3 is 1.07 bits per heavy atom. The van der Waals surface area contributed by atoms with Crippen molar-refractivity contribution in [3.63, 3.8) is 0 Å². The number of amides is 1. The summed E-state index contributed by atoms with van der Waals surface area (Å²) >= 11 is 0. The quantitative estimate of drug-likeness (QED) is 0.129. The van der Waals surface area contributed by atoms with Crippen LogP contribution < -0.4 is 35.2 Å². The van der Waals surface area contributed by atoms with Crippen LogP contribution in [-0.4, -0.2) is 50.3 Å². The van der Waals surface area contributed by atoms with Gasteiger partial charge >= 0.3 is 17.1 Å². The molecule has 11 heteroatoms. The van der Waals surface area contributed by atoms with Gasteiger partial charge in [-0.2, -0.15) is 0 Å². The summed E-state index contributed by atoms with van der Waals surface area (Å²) in [6.07, 6.45) is 8.11. The number of fused-ring (bicyclic) bond motifs is 8. The number of aromatic nitrogens is 4. The second-order valence-electron chi connectivity index (χ2n) is 14.2. The first kappa shape index (κ1) is 40.6. The molecule has 9 rings (SSSR count). The second-order valence-corrected chi connectivity index (χ2v) is 14.2. The first-order chi connectivity index (χ1) is 29.4. The number of hydrogen-bond acceptors (Lipinski definition) is 7. The number of benzene rings is 4. The monoisotopic (exact) mass is 844 g/mol. The van der Waals surface area contributed by atoms with E-state index in [1.54, 1.807) is 21.3 Å². The third kappa shape index (κ3) is 7.97. The van der Waals surface area contributed by atoms with Gasteiger partial charge in [-0.1, -0.05) is 72.8 Å². The zero-order chi connectivity index (χ0) is 41.2. The van der Waals surface area contributed by atoms with Crippen LogP contribution in [0.25, 0.3) is 90.9 Å². The second kappa shape index (κ2) is 17.6. The summed E-state index contributed by atoms with van der Waals surface area (Å²) in [5.74, 6) is 2.05. The van der Waals surface area contributed by atoms with Crippen LogP contribution in [0.5, 0.6) is 17.2 Å². The van der Waals surface area contributed by atoms with E-state index in [0.29, 0.717) is 29.9 Å². The predicted molar refractivity (Wildman–Crippen MR) is 240 cm³/mol. The minimum atomic E-state index is -0.189. The summed E-state index contributed by atoms with van der Waals surface area (Å²) in [5.41, 5.74) is 19.1. The number of nitrogens with two attached hydrogens (primary N) is 1. The summed E-state index contributed by atoms with van der Waals surface area (Å²) in [6, 6.07) is 39.4. The molecular formula is C50H40FeN6O4. The molecule has 1 amide bonds. The van der Waals surface area contributed by atoms with Crippen molar-refractivity contribution >= 4 is 52.3 Å². The van der Waals surface area contributed by atoms with E-state index in [4.69, 9.17) is 39.9 Å². The molecular weight excluding hydrogens is 804 g/mol. The maximum atomic E-state index is 12.9. The molecule has 0 atom stereocenters. The molecule has 3 aromatic heterocycles. The average molecular weight is 845 g/mol. The Balaban J connectivity index is 0.00000514. The smallest absolute Gasteiger partial charge is 0.657 e. The summed E-state index contributed by atoms with van der Waals surface area (Å²) < 4.78 is 16.6. The fraction of sp³-hybridized carbons (Fsp3) is 0.100. The molecule has 0 radical (unpaired) electrons. The molecule has 0 saturated carbocycles. The summed E-state index contributed by atoms with van der Waals surface area (Å²) in [6.45, 7) is 0.743. The van der Waals surface area contributed by atoms with Gasteiger partial charge in [0.25, 0.3) is 5.91 Å². The molecule has 0 unspecified atom stereocenters. The fourth-order valence-electron chi connectivity index (χ4n) is 7.62. The zero-order valence-corrected chi connectivity index (χ0v) is 34.7. The van der Waals surface area contributed by atoms with Gasteiger partial charge in [-0.15, -0.1) is 22.1 Å². The van der Waals surface area contributed by atoms with Crippen LogP contribution in [0.15, 0.2) is 121 Å². The molecule has 302 valence electrons. The van der Waals surface area contributed by atoms with E-state index in [1.165, 1.54) is 0 Å². The molecule has 8 bridgehead atoms. The maximum Gasteiger partial charge on any atom is 2.00 e. The number of hydrogen-bond donors (Lipinski definition) is 2. The van der Waals surface area contributed by atoms with Crippen molar-refractivity contribution in [2.24, 2.45) is 5.73 Å². The molecule has 2 aliphatic rings. The van der Waals surface area contributed by atoms with Crippen molar-refractivity contribution in [1.82, 2.24) is 25.3 Å². The largest absolute Gasteiger partial charge is 2.00 e. The zero-order valence-electron chi connectivity index (χ0n) is 33.6. The van der Waals surface area contributed by atoms with Gasteiger partial charge in [0.05, 0.1) is 44.1 Å². The number of methoxy groups -OCH3 is 3. The number of carbonyl (C=O) groups excluding carboxylic acids is 1. The molecule has 0 saturated heterocycles. The molecule has 10 nitrogen and oxygen atoms in total.